The standard InChI is InChI=1S/C14H19ClN2O2/c1-11(17-8-6-16-7-9-17)14(18)19-10-12-4-2-3-5-13(12)15/h2-5,11,16H,6-10H2,1H3. The minimum atomic E-state index is -0.204. The first-order valence-electron chi connectivity index (χ1n) is 6.53. The smallest absolute Gasteiger partial charge is 0.323 e. The van der Waals surface area contributed by atoms with Crippen molar-refractivity contribution in [2.75, 3.05) is 26.2 Å². The van der Waals surface area contributed by atoms with E-state index in [1.807, 2.05) is 25.1 Å². The first kappa shape index (κ1) is 14.3. The normalized spacial score (nSPS) is 18.0. The summed E-state index contributed by atoms with van der Waals surface area (Å²) in [5, 5.41) is 3.89. The van der Waals surface area contributed by atoms with Crippen LogP contribution in [-0.2, 0) is 16.1 Å². The molecule has 104 valence electrons. The monoisotopic (exact) mass is 282 g/mol. The van der Waals surface area contributed by atoms with E-state index in [-0.39, 0.29) is 18.6 Å². The summed E-state index contributed by atoms with van der Waals surface area (Å²) in [7, 11) is 0. The molecule has 0 spiro atoms. The molecule has 2 rings (SSSR count). The van der Waals surface area contributed by atoms with Crippen molar-refractivity contribution in [3.05, 3.63) is 34.9 Å². The van der Waals surface area contributed by atoms with Crippen LogP contribution in [0, 0.1) is 0 Å². The second-order valence-corrected chi connectivity index (χ2v) is 5.07. The number of carbonyl (C=O) groups excluding carboxylic acids is 1. The average Bonchev–Trinajstić information content (AvgIpc) is 2.46. The summed E-state index contributed by atoms with van der Waals surface area (Å²) in [6.07, 6.45) is 0. The van der Waals surface area contributed by atoms with E-state index in [1.165, 1.54) is 0 Å². The third-order valence-corrected chi connectivity index (χ3v) is 3.74. The van der Waals surface area contributed by atoms with Gasteiger partial charge in [-0.25, -0.2) is 0 Å². The van der Waals surface area contributed by atoms with Crippen molar-refractivity contribution in [2.24, 2.45) is 0 Å². The number of nitrogens with zero attached hydrogens (tertiary/aromatic N) is 1. The molecule has 0 saturated carbocycles. The Labute approximate surface area is 118 Å². The number of nitrogens with one attached hydrogen (secondary N) is 1. The highest BCUT2D eigenvalue weighted by Gasteiger charge is 2.23. The highest BCUT2D eigenvalue weighted by molar-refractivity contribution is 6.31. The van der Waals surface area contributed by atoms with Gasteiger partial charge in [0.05, 0.1) is 0 Å². The average molecular weight is 283 g/mol. The molecule has 4 nitrogen and oxygen atoms in total. The number of halogens is 1. The van der Waals surface area contributed by atoms with E-state index in [2.05, 4.69) is 10.2 Å². The van der Waals surface area contributed by atoms with Crippen LogP contribution in [0.15, 0.2) is 24.3 Å². The molecule has 1 saturated heterocycles. The zero-order valence-corrected chi connectivity index (χ0v) is 11.8. The van der Waals surface area contributed by atoms with Crippen LogP contribution in [0.5, 0.6) is 0 Å². The lowest BCUT2D eigenvalue weighted by Crippen LogP contribution is -2.50. The molecule has 0 amide bonds. The van der Waals surface area contributed by atoms with E-state index in [1.54, 1.807) is 6.07 Å². The summed E-state index contributed by atoms with van der Waals surface area (Å²) in [6, 6.07) is 7.20. The Morgan fingerprint density at radius 2 is 2.11 bits per heavy atom. The molecule has 1 aliphatic heterocycles. The zero-order valence-electron chi connectivity index (χ0n) is 11.1. The van der Waals surface area contributed by atoms with Gasteiger partial charge < -0.3 is 10.1 Å². The molecular formula is C14H19ClN2O2. The molecule has 19 heavy (non-hydrogen) atoms. The van der Waals surface area contributed by atoms with Crippen molar-refractivity contribution < 1.29 is 9.53 Å². The summed E-state index contributed by atoms with van der Waals surface area (Å²) >= 11 is 6.03. The maximum Gasteiger partial charge on any atom is 0.323 e. The third kappa shape index (κ3) is 3.93. The number of hydrogen-bond donors (Lipinski definition) is 1. The lowest BCUT2D eigenvalue weighted by molar-refractivity contribution is -0.151. The highest BCUT2D eigenvalue weighted by atomic mass is 35.5. The number of benzene rings is 1. The van der Waals surface area contributed by atoms with Crippen molar-refractivity contribution in [2.45, 2.75) is 19.6 Å². The molecule has 1 heterocycles. The molecule has 5 heteroatoms. The van der Waals surface area contributed by atoms with Crippen molar-refractivity contribution in [1.29, 1.82) is 0 Å². The van der Waals surface area contributed by atoms with Crippen LogP contribution >= 0.6 is 11.6 Å². The van der Waals surface area contributed by atoms with Gasteiger partial charge in [0.1, 0.15) is 12.6 Å². The second kappa shape index (κ2) is 6.89. The van der Waals surface area contributed by atoms with E-state index in [4.69, 9.17) is 16.3 Å². The first-order valence-corrected chi connectivity index (χ1v) is 6.91. The number of ether oxygens (including phenoxy) is 1. The van der Waals surface area contributed by atoms with Crippen LogP contribution in [-0.4, -0.2) is 43.1 Å². The van der Waals surface area contributed by atoms with Crippen LogP contribution in [0.4, 0.5) is 0 Å². The van der Waals surface area contributed by atoms with Gasteiger partial charge in [-0.3, -0.25) is 9.69 Å². The molecule has 1 aromatic rings. The van der Waals surface area contributed by atoms with Gasteiger partial charge in [0.2, 0.25) is 0 Å². The number of hydrogen-bond acceptors (Lipinski definition) is 4. The molecular weight excluding hydrogens is 264 g/mol. The molecule has 1 unspecified atom stereocenters. The topological polar surface area (TPSA) is 41.6 Å². The Morgan fingerprint density at radius 1 is 1.42 bits per heavy atom. The second-order valence-electron chi connectivity index (χ2n) is 4.66. The predicted molar refractivity (Wildman–Crippen MR) is 75.2 cm³/mol. The van der Waals surface area contributed by atoms with Crippen LogP contribution < -0.4 is 5.32 Å². The molecule has 1 atom stereocenters. The van der Waals surface area contributed by atoms with Crippen LogP contribution in [0.2, 0.25) is 5.02 Å². The quantitative estimate of drug-likeness (QED) is 0.853. The largest absolute Gasteiger partial charge is 0.460 e. The molecule has 0 aromatic heterocycles. The Hall–Kier alpha value is -1.10. The lowest BCUT2D eigenvalue weighted by atomic mass is 10.2. The van der Waals surface area contributed by atoms with E-state index < -0.39 is 0 Å². The summed E-state index contributed by atoms with van der Waals surface area (Å²) < 4.78 is 5.34. The van der Waals surface area contributed by atoms with Crippen LogP contribution in [0.1, 0.15) is 12.5 Å². The highest BCUT2D eigenvalue weighted by Crippen LogP contribution is 2.16. The van der Waals surface area contributed by atoms with Gasteiger partial charge in [-0.05, 0) is 13.0 Å². The molecule has 0 bridgehead atoms. The first-order chi connectivity index (χ1) is 9.18. The number of piperazine rings is 1. The summed E-state index contributed by atoms with van der Waals surface area (Å²) in [6.45, 7) is 5.71. The van der Waals surface area contributed by atoms with E-state index in [0.717, 1.165) is 31.7 Å². The number of rotatable bonds is 4. The lowest BCUT2D eigenvalue weighted by Gasteiger charge is -2.31. The van der Waals surface area contributed by atoms with Gasteiger partial charge in [-0.15, -0.1) is 0 Å². The summed E-state index contributed by atoms with van der Waals surface area (Å²) in [5.41, 5.74) is 0.838. The maximum absolute atomic E-state index is 12.0. The van der Waals surface area contributed by atoms with E-state index >= 15 is 0 Å². The predicted octanol–water partition coefficient (Wildman–Crippen LogP) is 1.68. The van der Waals surface area contributed by atoms with Crippen molar-refractivity contribution in [3.63, 3.8) is 0 Å². The van der Waals surface area contributed by atoms with E-state index in [9.17, 15) is 4.79 Å². The van der Waals surface area contributed by atoms with Crippen molar-refractivity contribution in [1.82, 2.24) is 10.2 Å². The van der Waals surface area contributed by atoms with Gasteiger partial charge >= 0.3 is 5.97 Å². The van der Waals surface area contributed by atoms with Crippen LogP contribution in [0.3, 0.4) is 0 Å². The Morgan fingerprint density at radius 3 is 2.79 bits per heavy atom. The molecule has 1 aromatic carbocycles. The molecule has 1 N–H and O–H groups in total. The van der Waals surface area contributed by atoms with Crippen LogP contribution in [0.25, 0.3) is 0 Å². The van der Waals surface area contributed by atoms with E-state index in [0.29, 0.717) is 5.02 Å². The third-order valence-electron chi connectivity index (χ3n) is 3.37. The minimum absolute atomic E-state index is 0.193. The summed E-state index contributed by atoms with van der Waals surface area (Å²) in [4.78, 5) is 14.1. The van der Waals surface area contributed by atoms with Crippen molar-refractivity contribution >= 4 is 17.6 Å². The SMILES string of the molecule is CC(C(=O)OCc1ccccc1Cl)N1CCNCC1. The zero-order chi connectivity index (χ0) is 13.7. The van der Waals surface area contributed by atoms with Crippen molar-refractivity contribution in [3.8, 4) is 0 Å². The van der Waals surface area contributed by atoms with Gasteiger partial charge in [-0.1, -0.05) is 29.8 Å². The number of carbonyl (C=O) groups is 1. The number of esters is 1. The fourth-order valence-corrected chi connectivity index (χ4v) is 2.29. The fraction of sp³-hybridized carbons (Fsp3) is 0.500. The van der Waals surface area contributed by atoms with Gasteiger partial charge in [0.15, 0.2) is 0 Å². The molecule has 1 fully saturated rings. The Bertz CT molecular complexity index is 433. The fourth-order valence-electron chi connectivity index (χ4n) is 2.10. The Balaban J connectivity index is 1.85. The van der Waals surface area contributed by atoms with Gasteiger partial charge in [-0.2, -0.15) is 0 Å². The molecule has 1 aliphatic rings. The Kier molecular flexibility index (Phi) is 5.19. The molecule has 0 aliphatic carbocycles. The molecule has 0 radical (unpaired) electrons. The summed E-state index contributed by atoms with van der Waals surface area (Å²) in [5.74, 6) is -0.193. The minimum Gasteiger partial charge on any atom is -0.460 e. The van der Waals surface area contributed by atoms with Gasteiger partial charge in [0, 0.05) is 36.8 Å². The maximum atomic E-state index is 12.0. The van der Waals surface area contributed by atoms with Gasteiger partial charge in [0.25, 0.3) is 0 Å².